The first-order valence-electron chi connectivity index (χ1n) is 11.0. The number of benzene rings is 1. The Morgan fingerprint density at radius 1 is 0.964 bits per heavy atom. The van der Waals surface area contributed by atoms with Crippen LogP contribution < -0.4 is 4.74 Å². The topological polar surface area (TPSA) is 44.8 Å². The number of hydrogen-bond acceptors (Lipinski definition) is 4. The highest BCUT2D eigenvalue weighted by atomic mass is 16.5. The molecule has 1 aromatic rings. The normalized spacial score (nSPS) is 13.3. The molecule has 0 aromatic heterocycles. The third-order valence-electron chi connectivity index (χ3n) is 5.20. The first-order valence-corrected chi connectivity index (χ1v) is 11.0. The molecule has 1 aromatic carbocycles. The minimum atomic E-state index is -0.264. The predicted molar refractivity (Wildman–Crippen MR) is 115 cm³/mol. The van der Waals surface area contributed by atoms with Gasteiger partial charge >= 0.3 is 5.97 Å². The number of unbranched alkanes of at least 4 members (excludes halogenated alkanes) is 5. The van der Waals surface area contributed by atoms with E-state index in [1.165, 1.54) is 44.1 Å². The number of methoxy groups -OCH3 is 2. The standard InChI is InChI=1S/C19H28O4.C5H12/c1-21-12-5-3-4-6-13-23-19(20)16-10-11-17(15-8-7-9-15)18(14-16)22-2;1-3-5-4-2/h10-11,14-15H,3-9,12-13H2,1-2H3;3-5H2,1-2H3. The highest BCUT2D eigenvalue weighted by Crippen LogP contribution is 2.41. The van der Waals surface area contributed by atoms with E-state index in [4.69, 9.17) is 14.2 Å². The summed E-state index contributed by atoms with van der Waals surface area (Å²) >= 11 is 0. The van der Waals surface area contributed by atoms with Crippen LogP contribution in [0.3, 0.4) is 0 Å². The summed E-state index contributed by atoms with van der Waals surface area (Å²) in [6.07, 6.45) is 11.9. The molecule has 0 amide bonds. The largest absolute Gasteiger partial charge is 0.496 e. The molecule has 0 heterocycles. The Kier molecular flexibility index (Phi) is 13.5. The Hall–Kier alpha value is -1.55. The van der Waals surface area contributed by atoms with Crippen LogP contribution in [0.4, 0.5) is 0 Å². The van der Waals surface area contributed by atoms with Gasteiger partial charge < -0.3 is 14.2 Å². The average Bonchev–Trinajstić information content (AvgIpc) is 2.67. The van der Waals surface area contributed by atoms with Crippen LogP contribution in [-0.4, -0.2) is 33.4 Å². The van der Waals surface area contributed by atoms with Crippen LogP contribution in [0.25, 0.3) is 0 Å². The molecule has 1 aliphatic carbocycles. The van der Waals surface area contributed by atoms with E-state index in [-0.39, 0.29) is 5.97 Å². The molecule has 0 N–H and O–H groups in total. The van der Waals surface area contributed by atoms with Gasteiger partial charge in [0, 0.05) is 13.7 Å². The van der Waals surface area contributed by atoms with Crippen LogP contribution in [0.15, 0.2) is 18.2 Å². The number of ether oxygens (including phenoxy) is 3. The molecule has 4 heteroatoms. The van der Waals surface area contributed by atoms with Crippen LogP contribution in [0.5, 0.6) is 5.75 Å². The minimum absolute atomic E-state index is 0.264. The first-order chi connectivity index (χ1) is 13.7. The zero-order valence-corrected chi connectivity index (χ0v) is 18.4. The maximum Gasteiger partial charge on any atom is 0.338 e. The summed E-state index contributed by atoms with van der Waals surface area (Å²) in [6, 6.07) is 5.69. The molecule has 2 rings (SSSR count). The van der Waals surface area contributed by atoms with E-state index < -0.39 is 0 Å². The number of carbonyl (C=O) groups excluding carboxylic acids is 1. The summed E-state index contributed by atoms with van der Waals surface area (Å²) in [6.45, 7) is 5.69. The van der Waals surface area contributed by atoms with Crippen LogP contribution in [0.2, 0.25) is 0 Å². The second-order valence-corrected chi connectivity index (χ2v) is 7.48. The molecular weight excluding hydrogens is 352 g/mol. The van der Waals surface area contributed by atoms with Gasteiger partial charge in [-0.05, 0) is 55.7 Å². The second kappa shape index (κ2) is 15.4. The van der Waals surface area contributed by atoms with Crippen LogP contribution >= 0.6 is 0 Å². The molecule has 0 aliphatic heterocycles. The maximum atomic E-state index is 12.1. The molecule has 0 atom stereocenters. The zero-order chi connectivity index (χ0) is 20.6. The van der Waals surface area contributed by atoms with Crippen molar-refractivity contribution in [1.29, 1.82) is 0 Å². The number of hydrogen-bond donors (Lipinski definition) is 0. The summed E-state index contributed by atoms with van der Waals surface area (Å²) in [5, 5.41) is 0. The molecule has 28 heavy (non-hydrogen) atoms. The van der Waals surface area contributed by atoms with E-state index in [1.807, 2.05) is 18.2 Å². The summed E-state index contributed by atoms with van der Waals surface area (Å²) in [7, 11) is 3.37. The van der Waals surface area contributed by atoms with Gasteiger partial charge in [-0.1, -0.05) is 52.0 Å². The Balaban J connectivity index is 0.000000696. The van der Waals surface area contributed by atoms with Gasteiger partial charge in [0.15, 0.2) is 0 Å². The zero-order valence-electron chi connectivity index (χ0n) is 18.4. The molecule has 1 fully saturated rings. The third kappa shape index (κ3) is 9.09. The second-order valence-electron chi connectivity index (χ2n) is 7.48. The van der Waals surface area contributed by atoms with Crippen molar-refractivity contribution in [3.63, 3.8) is 0 Å². The summed E-state index contributed by atoms with van der Waals surface area (Å²) in [5.41, 5.74) is 1.79. The quantitative estimate of drug-likeness (QED) is 0.300. The molecule has 160 valence electrons. The van der Waals surface area contributed by atoms with Crippen LogP contribution in [0.1, 0.15) is 99.9 Å². The van der Waals surface area contributed by atoms with Crippen molar-refractivity contribution in [3.05, 3.63) is 29.3 Å². The molecule has 0 radical (unpaired) electrons. The van der Waals surface area contributed by atoms with Crippen molar-refractivity contribution in [2.75, 3.05) is 27.4 Å². The summed E-state index contributed by atoms with van der Waals surface area (Å²) in [5.74, 6) is 1.13. The van der Waals surface area contributed by atoms with Gasteiger partial charge in [0.1, 0.15) is 5.75 Å². The molecule has 0 bridgehead atoms. The van der Waals surface area contributed by atoms with E-state index in [0.29, 0.717) is 18.1 Å². The lowest BCUT2D eigenvalue weighted by Crippen LogP contribution is -2.12. The molecule has 1 aliphatic rings. The van der Waals surface area contributed by atoms with Gasteiger partial charge in [-0.25, -0.2) is 4.79 Å². The smallest absolute Gasteiger partial charge is 0.338 e. The van der Waals surface area contributed by atoms with Crippen LogP contribution in [0, 0.1) is 0 Å². The monoisotopic (exact) mass is 392 g/mol. The average molecular weight is 393 g/mol. The summed E-state index contributed by atoms with van der Waals surface area (Å²) in [4.78, 5) is 12.1. The van der Waals surface area contributed by atoms with Gasteiger partial charge in [-0.15, -0.1) is 0 Å². The molecule has 0 saturated heterocycles. The number of rotatable bonds is 12. The van der Waals surface area contributed by atoms with E-state index in [2.05, 4.69) is 13.8 Å². The van der Waals surface area contributed by atoms with Gasteiger partial charge in [-0.2, -0.15) is 0 Å². The SMILES string of the molecule is CCCCC.COCCCCCCOC(=O)c1ccc(C2CCC2)c(OC)c1. The highest BCUT2D eigenvalue weighted by molar-refractivity contribution is 5.90. The lowest BCUT2D eigenvalue weighted by atomic mass is 9.79. The van der Waals surface area contributed by atoms with Crippen molar-refractivity contribution >= 4 is 5.97 Å². The lowest BCUT2D eigenvalue weighted by Gasteiger charge is -2.27. The van der Waals surface area contributed by atoms with Crippen molar-refractivity contribution in [1.82, 2.24) is 0 Å². The number of esters is 1. The third-order valence-corrected chi connectivity index (χ3v) is 5.20. The van der Waals surface area contributed by atoms with E-state index >= 15 is 0 Å². The van der Waals surface area contributed by atoms with Crippen molar-refractivity contribution in [2.45, 2.75) is 84.0 Å². The Morgan fingerprint density at radius 2 is 1.64 bits per heavy atom. The van der Waals surface area contributed by atoms with Crippen LogP contribution in [-0.2, 0) is 9.47 Å². The van der Waals surface area contributed by atoms with E-state index in [9.17, 15) is 4.79 Å². The maximum absolute atomic E-state index is 12.1. The van der Waals surface area contributed by atoms with E-state index in [1.54, 1.807) is 14.2 Å². The molecule has 1 saturated carbocycles. The fourth-order valence-electron chi connectivity index (χ4n) is 3.20. The van der Waals surface area contributed by atoms with Crippen molar-refractivity contribution in [3.8, 4) is 5.75 Å². The summed E-state index contributed by atoms with van der Waals surface area (Å²) < 4.78 is 15.8. The molecule has 0 spiro atoms. The van der Waals surface area contributed by atoms with Gasteiger partial charge in [0.25, 0.3) is 0 Å². The Bertz CT molecular complexity index is 535. The molecule has 0 unspecified atom stereocenters. The molecule has 4 nitrogen and oxygen atoms in total. The van der Waals surface area contributed by atoms with E-state index in [0.717, 1.165) is 38.0 Å². The highest BCUT2D eigenvalue weighted by Gasteiger charge is 2.23. The fourth-order valence-corrected chi connectivity index (χ4v) is 3.20. The Morgan fingerprint density at radius 3 is 2.14 bits per heavy atom. The Labute approximate surface area is 172 Å². The van der Waals surface area contributed by atoms with Gasteiger partial charge in [0.2, 0.25) is 0 Å². The lowest BCUT2D eigenvalue weighted by molar-refractivity contribution is 0.0496. The predicted octanol–water partition coefficient (Wildman–Crippen LogP) is 6.52. The number of carbonyl (C=O) groups is 1. The molecular formula is C24H40O4. The minimum Gasteiger partial charge on any atom is -0.496 e. The van der Waals surface area contributed by atoms with Crippen molar-refractivity contribution in [2.24, 2.45) is 0 Å². The van der Waals surface area contributed by atoms with Gasteiger partial charge in [-0.3, -0.25) is 0 Å². The fraction of sp³-hybridized carbons (Fsp3) is 0.708. The first kappa shape index (κ1) is 24.5. The van der Waals surface area contributed by atoms with Crippen molar-refractivity contribution < 1.29 is 19.0 Å². The van der Waals surface area contributed by atoms with Gasteiger partial charge in [0.05, 0.1) is 19.3 Å².